The van der Waals surface area contributed by atoms with Gasteiger partial charge in [0.25, 0.3) is 0 Å². The molecule has 16 rings (SSSR count). The Labute approximate surface area is 518 Å². The Morgan fingerprint density at radius 3 is 2.03 bits per heavy atom. The standard InChI is InChI=1S/C82H85N5/c1-54-23-11-15-39-73(54)84-62-33-19-29-59(48-62)72(47-58-27-7-5-8-28-58)60-30-20-34-63(49-60)85(74-40-16-12-24-55(74)2)78-52-77(84)68-43-45-70-79-53-80(71-46-44-69(78)81(68)82(70)71)87(76-42-18-14-26-57(76)4)67-38-22-36-65(51-67)83(61-31-9-6-10-32-61)64-35-21-37-66(50-64)86(79)75-41-17-13-25-56(75)3/h5-7,9-11,13-19,22-23,25-27,29-33,35-36,38,40-41,43,45,49-53,59,69,71-73,76,78,80-82H,8,12,20-21,24,28,34,37,39,42,44,46-48H2,1-4H3. The minimum atomic E-state index is 0.103. The van der Waals surface area contributed by atoms with Gasteiger partial charge in [0.1, 0.15) is 0 Å². The summed E-state index contributed by atoms with van der Waals surface area (Å²) >= 11 is 0. The van der Waals surface area contributed by atoms with Crippen molar-refractivity contribution in [3.8, 4) is 0 Å². The highest BCUT2D eigenvalue weighted by Gasteiger charge is 2.57. The van der Waals surface area contributed by atoms with Gasteiger partial charge in [-0.25, -0.2) is 0 Å². The van der Waals surface area contributed by atoms with E-state index in [1.807, 2.05) is 0 Å². The van der Waals surface area contributed by atoms with Crippen molar-refractivity contribution >= 4 is 22.7 Å². The third-order valence-electron chi connectivity index (χ3n) is 22.3. The fourth-order valence-corrected chi connectivity index (χ4v) is 18.3. The van der Waals surface area contributed by atoms with Gasteiger partial charge in [-0.1, -0.05) is 156 Å². The van der Waals surface area contributed by atoms with Crippen LogP contribution in [-0.2, 0) is 0 Å². The summed E-state index contributed by atoms with van der Waals surface area (Å²) in [5.74, 6) is 2.01. The van der Waals surface area contributed by atoms with E-state index in [2.05, 4.69) is 265 Å². The molecule has 1 fully saturated rings. The average Bonchev–Trinajstić information content (AvgIpc) is 0.781. The number of fused-ring (bicyclic) bond motifs is 12. The van der Waals surface area contributed by atoms with Crippen molar-refractivity contribution in [2.45, 2.75) is 142 Å². The lowest BCUT2D eigenvalue weighted by atomic mass is 9.52. The highest BCUT2D eigenvalue weighted by molar-refractivity contribution is 5.77. The minimum Gasteiger partial charge on any atom is -0.358 e. The molecule has 3 aromatic rings. The molecule has 10 unspecified atom stereocenters. The minimum absolute atomic E-state index is 0.103. The molecule has 12 bridgehead atoms. The van der Waals surface area contributed by atoms with Gasteiger partial charge in [-0.05, 0) is 254 Å². The number of nitrogens with zero attached hydrogens (tertiary/aromatic N) is 5. The molecule has 0 amide bonds. The van der Waals surface area contributed by atoms with Crippen LogP contribution in [-0.4, -0.2) is 34.0 Å². The largest absolute Gasteiger partial charge is 0.358 e. The molecule has 0 saturated heterocycles. The summed E-state index contributed by atoms with van der Waals surface area (Å²) in [6, 6.07) is 30.8. The second kappa shape index (κ2) is 22.6. The second-order valence-electron chi connectivity index (χ2n) is 27.2. The Kier molecular flexibility index (Phi) is 14.1. The molecule has 0 radical (unpaired) electrons. The van der Waals surface area contributed by atoms with Gasteiger partial charge in [0.2, 0.25) is 0 Å². The lowest BCUT2D eigenvalue weighted by molar-refractivity contribution is 0.0712. The van der Waals surface area contributed by atoms with Crippen LogP contribution < -0.4 is 14.7 Å². The normalized spacial score (nSPS) is 30.4. The lowest BCUT2D eigenvalue weighted by Crippen LogP contribution is -2.59. The molecule has 438 valence electrons. The van der Waals surface area contributed by atoms with Crippen LogP contribution in [0.25, 0.3) is 0 Å². The summed E-state index contributed by atoms with van der Waals surface area (Å²) < 4.78 is 0. The fourth-order valence-electron chi connectivity index (χ4n) is 18.3. The lowest BCUT2D eigenvalue weighted by Gasteiger charge is -2.60. The number of allylic oxidation sites excluding steroid dienone is 26. The molecule has 0 spiro atoms. The van der Waals surface area contributed by atoms with Crippen molar-refractivity contribution in [1.29, 1.82) is 0 Å². The van der Waals surface area contributed by atoms with E-state index >= 15 is 0 Å². The van der Waals surface area contributed by atoms with Gasteiger partial charge in [-0.3, -0.25) is 0 Å². The molecular formula is C82H85N5. The summed E-state index contributed by atoms with van der Waals surface area (Å²) in [4.78, 5) is 14.2. The number of rotatable bonds is 7. The number of benzene rings is 3. The van der Waals surface area contributed by atoms with E-state index in [1.54, 1.807) is 16.7 Å². The third-order valence-corrected chi connectivity index (χ3v) is 22.3. The highest BCUT2D eigenvalue weighted by atomic mass is 15.3. The van der Waals surface area contributed by atoms with Crippen molar-refractivity contribution in [2.75, 3.05) is 14.7 Å². The van der Waals surface area contributed by atoms with Gasteiger partial charge in [0.15, 0.2) is 0 Å². The molecule has 5 nitrogen and oxygen atoms in total. The third kappa shape index (κ3) is 9.47. The number of hydrogen-bond acceptors (Lipinski definition) is 5. The van der Waals surface area contributed by atoms with Gasteiger partial charge in [0.05, 0.1) is 24.2 Å². The molecule has 0 aromatic heterocycles. The Morgan fingerprint density at radius 2 is 1.24 bits per heavy atom. The Hall–Kier alpha value is -8.02. The number of anilines is 4. The predicted molar refractivity (Wildman–Crippen MR) is 362 cm³/mol. The molecule has 87 heavy (non-hydrogen) atoms. The molecule has 13 aliphatic rings. The maximum absolute atomic E-state index is 2.99. The van der Waals surface area contributed by atoms with Crippen molar-refractivity contribution < 1.29 is 0 Å². The summed E-state index contributed by atoms with van der Waals surface area (Å²) in [6.45, 7) is 9.63. The Bertz CT molecular complexity index is 3910. The molecule has 3 aromatic carbocycles. The van der Waals surface area contributed by atoms with Crippen molar-refractivity contribution in [3.63, 3.8) is 0 Å². The van der Waals surface area contributed by atoms with Gasteiger partial charge < -0.3 is 24.5 Å². The van der Waals surface area contributed by atoms with Crippen LogP contribution in [0.2, 0.25) is 0 Å². The number of hydrogen-bond donors (Lipinski definition) is 0. The van der Waals surface area contributed by atoms with E-state index in [1.165, 1.54) is 90.5 Å². The van der Waals surface area contributed by atoms with Crippen LogP contribution in [0.4, 0.5) is 22.7 Å². The summed E-state index contributed by atoms with van der Waals surface area (Å²) in [5, 5.41) is 0. The smallest absolute Gasteiger partial charge is 0.0583 e. The zero-order valence-corrected chi connectivity index (χ0v) is 51.6. The van der Waals surface area contributed by atoms with E-state index in [0.717, 1.165) is 89.9 Å². The van der Waals surface area contributed by atoms with E-state index in [0.29, 0.717) is 23.7 Å². The highest BCUT2D eigenvalue weighted by Crippen LogP contribution is 2.62. The second-order valence-corrected chi connectivity index (χ2v) is 27.2. The molecule has 1 saturated carbocycles. The van der Waals surface area contributed by atoms with Crippen LogP contribution in [0, 0.1) is 42.4 Å². The monoisotopic (exact) mass is 1140 g/mol. The van der Waals surface area contributed by atoms with Crippen LogP contribution in [0.15, 0.2) is 291 Å². The molecular weight excluding hydrogens is 1050 g/mol. The quantitative estimate of drug-likeness (QED) is 0.234. The van der Waals surface area contributed by atoms with Crippen molar-refractivity contribution in [1.82, 2.24) is 9.80 Å². The molecule has 5 heteroatoms. The first kappa shape index (κ1) is 54.4. The first-order valence-corrected chi connectivity index (χ1v) is 33.4. The van der Waals surface area contributed by atoms with E-state index in [4.69, 9.17) is 0 Å². The van der Waals surface area contributed by atoms with Crippen LogP contribution in [0.5, 0.6) is 0 Å². The zero-order chi connectivity index (χ0) is 58.3. The SMILES string of the molecule is CC1=CC=CCC1N1C2=CC=CC(C2)C(CC2=CC=CCC2)C2=CCCC(=C2)N(C2=C(C)CCC=C2)C2C=C1C1=CC=C3C4=CC(C5CCC2C1C35)N(C1CC=CC=C1C)c1cccc(c1)N(c1ccccc1)C1=CCCC(=C1)N4c1ccccc1C. The van der Waals surface area contributed by atoms with Crippen molar-refractivity contribution in [2.24, 2.45) is 35.5 Å². The molecule has 0 N–H and O–H groups in total. The van der Waals surface area contributed by atoms with Crippen LogP contribution in [0.3, 0.4) is 0 Å². The summed E-state index contributed by atoms with van der Waals surface area (Å²) in [7, 11) is 0. The van der Waals surface area contributed by atoms with E-state index in [9.17, 15) is 0 Å². The fraction of sp³-hybridized carbons (Fsp3) is 0.341. The van der Waals surface area contributed by atoms with Gasteiger partial charge in [-0.2, -0.15) is 0 Å². The summed E-state index contributed by atoms with van der Waals surface area (Å²) in [5.41, 5.74) is 26.8. The van der Waals surface area contributed by atoms with E-state index < -0.39 is 0 Å². The zero-order valence-electron chi connectivity index (χ0n) is 51.6. The average molecular weight is 1140 g/mol. The predicted octanol–water partition coefficient (Wildman–Crippen LogP) is 19.8. The van der Waals surface area contributed by atoms with Crippen LogP contribution in [0.1, 0.15) is 116 Å². The molecule has 2 aliphatic heterocycles. The van der Waals surface area contributed by atoms with Gasteiger partial charge >= 0.3 is 0 Å². The first-order chi connectivity index (χ1) is 42.8. The maximum atomic E-state index is 2.99. The number of aryl methyl sites for hydroxylation is 1. The topological polar surface area (TPSA) is 16.2 Å². The molecule has 11 aliphatic carbocycles. The summed E-state index contributed by atoms with van der Waals surface area (Å²) in [6.07, 6.45) is 70.6. The van der Waals surface area contributed by atoms with Gasteiger partial charge in [-0.15, -0.1) is 0 Å². The molecule has 2 heterocycles. The Balaban J connectivity index is 0.950. The van der Waals surface area contributed by atoms with E-state index in [-0.39, 0.29) is 36.0 Å². The number of para-hydroxylation sites is 2. The van der Waals surface area contributed by atoms with Gasteiger partial charge in [0, 0.05) is 62.6 Å². The molecule has 10 atom stereocenters. The van der Waals surface area contributed by atoms with Crippen LogP contribution >= 0.6 is 0 Å². The van der Waals surface area contributed by atoms with Crippen molar-refractivity contribution in [3.05, 3.63) is 297 Å². The Morgan fingerprint density at radius 1 is 0.529 bits per heavy atom. The maximum Gasteiger partial charge on any atom is 0.0583 e. The first-order valence-electron chi connectivity index (χ1n) is 33.4.